The molecule has 1 saturated carbocycles. The first-order valence-electron chi connectivity index (χ1n) is 8.70. The van der Waals surface area contributed by atoms with Crippen LogP contribution in [0.1, 0.15) is 25.7 Å². The molecule has 0 atom stereocenters. The maximum Gasteiger partial charge on any atom is 0.267 e. The molecule has 1 aromatic carbocycles. The first-order chi connectivity index (χ1) is 12.6. The fourth-order valence-electron chi connectivity index (χ4n) is 3.19. The van der Waals surface area contributed by atoms with Crippen LogP contribution < -0.4 is 20.3 Å². The normalized spacial score (nSPS) is 14.2. The Morgan fingerprint density at radius 1 is 1.15 bits per heavy atom. The van der Waals surface area contributed by atoms with Crippen molar-refractivity contribution in [2.75, 3.05) is 14.2 Å². The highest BCUT2D eigenvalue weighted by Gasteiger charge is 2.18. The van der Waals surface area contributed by atoms with Gasteiger partial charge in [-0.15, -0.1) is 0 Å². The average Bonchev–Trinajstić information content (AvgIpc) is 3.15. The summed E-state index contributed by atoms with van der Waals surface area (Å²) in [4.78, 5) is 24.3. The lowest BCUT2D eigenvalue weighted by Gasteiger charge is -2.13. The standard InChI is InChI=1S/C19H23N3O4/c1-25-16-9-7-13(11-17(16)26-2)15-8-10-19(24)22(21-15)12-18(23)20-14-5-3-4-6-14/h7-11,14H,3-6,12H2,1-2H3,(H,20,23). The third kappa shape index (κ3) is 4.04. The number of methoxy groups -OCH3 is 2. The number of hydrogen-bond acceptors (Lipinski definition) is 5. The summed E-state index contributed by atoms with van der Waals surface area (Å²) in [7, 11) is 3.13. The maximum atomic E-state index is 12.2. The van der Waals surface area contributed by atoms with Crippen LogP contribution in [0, 0.1) is 0 Å². The SMILES string of the molecule is COc1ccc(-c2ccc(=O)n(CC(=O)NC3CCCC3)n2)cc1OC. The van der Waals surface area contributed by atoms with Gasteiger partial charge in [0.25, 0.3) is 5.56 Å². The van der Waals surface area contributed by atoms with Crippen molar-refractivity contribution in [3.05, 3.63) is 40.7 Å². The van der Waals surface area contributed by atoms with Crippen molar-refractivity contribution < 1.29 is 14.3 Å². The highest BCUT2D eigenvalue weighted by atomic mass is 16.5. The quantitative estimate of drug-likeness (QED) is 0.855. The number of rotatable bonds is 6. The average molecular weight is 357 g/mol. The molecule has 7 nitrogen and oxygen atoms in total. The number of carbonyl (C=O) groups is 1. The van der Waals surface area contributed by atoms with Gasteiger partial charge in [-0.3, -0.25) is 9.59 Å². The lowest BCUT2D eigenvalue weighted by Crippen LogP contribution is -2.38. The van der Waals surface area contributed by atoms with Crippen molar-refractivity contribution in [1.29, 1.82) is 0 Å². The number of benzene rings is 1. The fraction of sp³-hybridized carbons (Fsp3) is 0.421. The molecule has 2 aromatic rings. The number of aromatic nitrogens is 2. The zero-order valence-electron chi connectivity index (χ0n) is 15.0. The monoisotopic (exact) mass is 357 g/mol. The molecule has 26 heavy (non-hydrogen) atoms. The molecule has 1 N–H and O–H groups in total. The Bertz CT molecular complexity index is 841. The number of nitrogens with one attached hydrogen (secondary N) is 1. The largest absolute Gasteiger partial charge is 0.493 e. The van der Waals surface area contributed by atoms with Gasteiger partial charge in [0.05, 0.1) is 19.9 Å². The van der Waals surface area contributed by atoms with Gasteiger partial charge < -0.3 is 14.8 Å². The topological polar surface area (TPSA) is 82.5 Å². The maximum absolute atomic E-state index is 12.2. The van der Waals surface area contributed by atoms with Crippen LogP contribution in [0.5, 0.6) is 11.5 Å². The van der Waals surface area contributed by atoms with Gasteiger partial charge >= 0.3 is 0 Å². The van der Waals surface area contributed by atoms with E-state index in [9.17, 15) is 9.59 Å². The first-order valence-corrected chi connectivity index (χ1v) is 8.70. The van der Waals surface area contributed by atoms with Crippen molar-refractivity contribution in [2.45, 2.75) is 38.3 Å². The van der Waals surface area contributed by atoms with Crippen LogP contribution in [0.4, 0.5) is 0 Å². The van der Waals surface area contributed by atoms with Crippen LogP contribution in [0.25, 0.3) is 11.3 Å². The third-order valence-corrected chi connectivity index (χ3v) is 4.56. The predicted molar refractivity (Wildman–Crippen MR) is 97.4 cm³/mol. The van der Waals surface area contributed by atoms with E-state index in [2.05, 4.69) is 10.4 Å². The molecule has 1 aliphatic rings. The minimum Gasteiger partial charge on any atom is -0.493 e. The van der Waals surface area contributed by atoms with Gasteiger partial charge in [0.2, 0.25) is 5.91 Å². The van der Waals surface area contributed by atoms with Crippen LogP contribution in [0.3, 0.4) is 0 Å². The van der Waals surface area contributed by atoms with Crippen LogP contribution >= 0.6 is 0 Å². The molecule has 0 saturated heterocycles. The summed E-state index contributed by atoms with van der Waals surface area (Å²) >= 11 is 0. The van der Waals surface area contributed by atoms with E-state index in [0.29, 0.717) is 17.2 Å². The molecule has 1 heterocycles. The van der Waals surface area contributed by atoms with E-state index in [1.54, 1.807) is 32.4 Å². The first kappa shape index (κ1) is 18.0. The van der Waals surface area contributed by atoms with Crippen LogP contribution in [-0.4, -0.2) is 35.9 Å². The van der Waals surface area contributed by atoms with Crippen LogP contribution in [0.2, 0.25) is 0 Å². The Morgan fingerprint density at radius 3 is 2.58 bits per heavy atom. The molecule has 0 unspecified atom stereocenters. The van der Waals surface area contributed by atoms with Crippen molar-refractivity contribution >= 4 is 5.91 Å². The van der Waals surface area contributed by atoms with Gasteiger partial charge in [-0.1, -0.05) is 12.8 Å². The zero-order chi connectivity index (χ0) is 18.5. The van der Waals surface area contributed by atoms with Crippen molar-refractivity contribution in [3.63, 3.8) is 0 Å². The predicted octanol–water partition coefficient (Wildman–Crippen LogP) is 1.99. The second-order valence-corrected chi connectivity index (χ2v) is 6.33. The minimum absolute atomic E-state index is 0.0868. The van der Waals surface area contributed by atoms with Crippen LogP contribution in [0.15, 0.2) is 35.1 Å². The van der Waals surface area contributed by atoms with Gasteiger partial charge in [0.15, 0.2) is 11.5 Å². The summed E-state index contributed by atoms with van der Waals surface area (Å²) in [6.45, 7) is -0.0868. The van der Waals surface area contributed by atoms with E-state index in [1.807, 2.05) is 6.07 Å². The van der Waals surface area contributed by atoms with E-state index >= 15 is 0 Å². The third-order valence-electron chi connectivity index (χ3n) is 4.56. The molecular formula is C19H23N3O4. The minimum atomic E-state index is -0.309. The van der Waals surface area contributed by atoms with Crippen molar-refractivity contribution in [2.24, 2.45) is 0 Å². The highest BCUT2D eigenvalue weighted by molar-refractivity contribution is 5.76. The molecule has 7 heteroatoms. The fourth-order valence-corrected chi connectivity index (χ4v) is 3.19. The molecule has 1 aliphatic carbocycles. The zero-order valence-corrected chi connectivity index (χ0v) is 15.0. The Hall–Kier alpha value is -2.83. The van der Waals surface area contributed by atoms with Crippen molar-refractivity contribution in [3.8, 4) is 22.8 Å². The Kier molecular flexibility index (Phi) is 5.55. The smallest absolute Gasteiger partial charge is 0.267 e. The summed E-state index contributed by atoms with van der Waals surface area (Å²) in [6, 6.07) is 8.66. The summed E-state index contributed by atoms with van der Waals surface area (Å²) in [6.07, 6.45) is 4.27. The Labute approximate surface area is 151 Å². The lowest BCUT2D eigenvalue weighted by molar-refractivity contribution is -0.122. The number of hydrogen-bond donors (Lipinski definition) is 1. The summed E-state index contributed by atoms with van der Waals surface area (Å²) in [5, 5.41) is 7.31. The van der Waals surface area contributed by atoms with Gasteiger partial charge in [0, 0.05) is 17.7 Å². The Balaban J connectivity index is 1.81. The molecule has 1 fully saturated rings. The van der Waals surface area contributed by atoms with E-state index in [1.165, 1.54) is 10.7 Å². The molecule has 0 bridgehead atoms. The number of nitrogens with zero attached hydrogens (tertiary/aromatic N) is 2. The molecule has 138 valence electrons. The highest BCUT2D eigenvalue weighted by Crippen LogP contribution is 2.31. The Morgan fingerprint density at radius 2 is 1.88 bits per heavy atom. The van der Waals surface area contributed by atoms with Gasteiger partial charge in [-0.05, 0) is 37.1 Å². The summed E-state index contributed by atoms with van der Waals surface area (Å²) in [5.41, 5.74) is 1.04. The molecular weight excluding hydrogens is 334 g/mol. The van der Waals surface area contributed by atoms with Crippen molar-refractivity contribution in [1.82, 2.24) is 15.1 Å². The molecule has 0 aliphatic heterocycles. The van der Waals surface area contributed by atoms with E-state index in [-0.39, 0.29) is 24.1 Å². The molecule has 1 amide bonds. The molecule has 1 aromatic heterocycles. The summed E-state index contributed by atoms with van der Waals surface area (Å²) in [5.74, 6) is 1.00. The van der Waals surface area contributed by atoms with E-state index in [4.69, 9.17) is 9.47 Å². The van der Waals surface area contributed by atoms with Gasteiger partial charge in [-0.2, -0.15) is 5.10 Å². The second-order valence-electron chi connectivity index (χ2n) is 6.33. The second kappa shape index (κ2) is 8.03. The van der Waals surface area contributed by atoms with Gasteiger partial charge in [0.1, 0.15) is 6.54 Å². The number of ether oxygens (including phenoxy) is 2. The van der Waals surface area contributed by atoms with Gasteiger partial charge in [-0.25, -0.2) is 4.68 Å². The van der Waals surface area contributed by atoms with E-state index < -0.39 is 0 Å². The number of carbonyl (C=O) groups excluding carboxylic acids is 1. The molecule has 3 rings (SSSR count). The van der Waals surface area contributed by atoms with E-state index in [0.717, 1.165) is 31.2 Å². The summed E-state index contributed by atoms with van der Waals surface area (Å²) < 4.78 is 11.7. The lowest BCUT2D eigenvalue weighted by atomic mass is 10.1. The number of amides is 1. The molecule has 0 radical (unpaired) electrons. The molecule has 0 spiro atoms. The van der Waals surface area contributed by atoms with Crippen LogP contribution in [-0.2, 0) is 11.3 Å².